The largest absolute Gasteiger partial charge is 0.342 e. The second-order valence-corrected chi connectivity index (χ2v) is 6.51. The van der Waals surface area contributed by atoms with Crippen LogP contribution in [0, 0.1) is 20.8 Å². The third-order valence-electron chi connectivity index (χ3n) is 4.54. The quantitative estimate of drug-likeness (QED) is 0.851. The van der Waals surface area contributed by atoms with Gasteiger partial charge in [0.1, 0.15) is 17.3 Å². The fourth-order valence-electron chi connectivity index (χ4n) is 3.07. The summed E-state index contributed by atoms with van der Waals surface area (Å²) in [5, 5.41) is 3.32. The van der Waals surface area contributed by atoms with Crippen molar-refractivity contribution in [3.05, 3.63) is 46.9 Å². The van der Waals surface area contributed by atoms with E-state index in [1.54, 1.807) is 22.8 Å². The van der Waals surface area contributed by atoms with Gasteiger partial charge in [-0.05, 0) is 31.9 Å². The van der Waals surface area contributed by atoms with Crippen molar-refractivity contribution in [2.24, 2.45) is 0 Å². The molecule has 1 fully saturated rings. The molecule has 2 aromatic rings. The molecule has 0 radical (unpaired) electrons. The molecule has 1 aliphatic rings. The Hall–Kier alpha value is -2.96. The van der Waals surface area contributed by atoms with E-state index in [9.17, 15) is 9.59 Å². The third-order valence-corrected chi connectivity index (χ3v) is 4.54. The van der Waals surface area contributed by atoms with E-state index >= 15 is 0 Å². The molecule has 1 N–H and O–H groups in total. The van der Waals surface area contributed by atoms with Crippen molar-refractivity contribution >= 4 is 23.8 Å². The van der Waals surface area contributed by atoms with E-state index in [0.717, 1.165) is 23.2 Å². The average Bonchev–Trinajstić information content (AvgIpc) is 2.64. The number of benzene rings is 1. The molecule has 136 valence electrons. The standard InChI is InChI=1S/C19H23N5O2/c1-13-5-4-6-14(2)18(13)22-17-11-16(20-15(3)21-17)19(26)24-9-7-23(12-25)8-10-24/h4-6,11-12H,7-10H2,1-3H3,(H,20,21,22). The predicted octanol–water partition coefficient (Wildman–Crippen LogP) is 2.06. The van der Waals surface area contributed by atoms with Crippen molar-refractivity contribution in [1.29, 1.82) is 0 Å². The average molecular weight is 353 g/mol. The molecule has 1 aromatic carbocycles. The van der Waals surface area contributed by atoms with Crippen LogP contribution in [0.5, 0.6) is 0 Å². The van der Waals surface area contributed by atoms with Crippen LogP contribution in [0.15, 0.2) is 24.3 Å². The molecule has 0 atom stereocenters. The minimum Gasteiger partial charge on any atom is -0.342 e. The first kappa shape index (κ1) is 17.8. The van der Waals surface area contributed by atoms with Crippen LogP contribution in [0.25, 0.3) is 0 Å². The van der Waals surface area contributed by atoms with Gasteiger partial charge < -0.3 is 15.1 Å². The van der Waals surface area contributed by atoms with Gasteiger partial charge in [0.25, 0.3) is 5.91 Å². The first-order valence-corrected chi connectivity index (χ1v) is 8.65. The van der Waals surface area contributed by atoms with Crippen molar-refractivity contribution in [2.75, 3.05) is 31.5 Å². The van der Waals surface area contributed by atoms with E-state index in [-0.39, 0.29) is 5.91 Å². The zero-order valence-corrected chi connectivity index (χ0v) is 15.3. The summed E-state index contributed by atoms with van der Waals surface area (Å²) >= 11 is 0. The van der Waals surface area contributed by atoms with Crippen LogP contribution in [0.4, 0.5) is 11.5 Å². The number of aryl methyl sites for hydroxylation is 3. The highest BCUT2D eigenvalue weighted by Crippen LogP contribution is 2.24. The Bertz CT molecular complexity index is 808. The predicted molar refractivity (Wildman–Crippen MR) is 99.5 cm³/mol. The van der Waals surface area contributed by atoms with Crippen LogP contribution >= 0.6 is 0 Å². The molecule has 1 saturated heterocycles. The maximum Gasteiger partial charge on any atom is 0.272 e. The number of para-hydroxylation sites is 1. The molecule has 1 aliphatic heterocycles. The highest BCUT2D eigenvalue weighted by molar-refractivity contribution is 5.93. The number of carbonyl (C=O) groups excluding carboxylic acids is 2. The first-order chi connectivity index (χ1) is 12.5. The van der Waals surface area contributed by atoms with E-state index in [4.69, 9.17) is 0 Å². The normalized spacial score (nSPS) is 14.3. The summed E-state index contributed by atoms with van der Waals surface area (Å²) in [5.41, 5.74) is 3.58. The van der Waals surface area contributed by atoms with Crippen molar-refractivity contribution in [3.63, 3.8) is 0 Å². The van der Waals surface area contributed by atoms with E-state index in [1.807, 2.05) is 32.0 Å². The summed E-state index contributed by atoms with van der Waals surface area (Å²) < 4.78 is 0. The van der Waals surface area contributed by atoms with Gasteiger partial charge >= 0.3 is 0 Å². The topological polar surface area (TPSA) is 78.4 Å². The van der Waals surface area contributed by atoms with E-state index in [1.165, 1.54) is 0 Å². The molecular weight excluding hydrogens is 330 g/mol. The van der Waals surface area contributed by atoms with Crippen LogP contribution in [0.3, 0.4) is 0 Å². The summed E-state index contributed by atoms with van der Waals surface area (Å²) in [6.45, 7) is 7.96. The summed E-state index contributed by atoms with van der Waals surface area (Å²) in [7, 11) is 0. The molecule has 0 spiro atoms. The van der Waals surface area contributed by atoms with Crippen molar-refractivity contribution in [1.82, 2.24) is 19.8 Å². The van der Waals surface area contributed by atoms with Crippen LogP contribution in [0.2, 0.25) is 0 Å². The number of rotatable bonds is 4. The van der Waals surface area contributed by atoms with Crippen molar-refractivity contribution < 1.29 is 9.59 Å². The Morgan fingerprint density at radius 1 is 1.08 bits per heavy atom. The van der Waals surface area contributed by atoms with Crippen LogP contribution < -0.4 is 5.32 Å². The molecule has 7 nitrogen and oxygen atoms in total. The molecule has 0 bridgehead atoms. The molecular formula is C19H23N5O2. The van der Waals surface area contributed by atoms with Crippen LogP contribution in [0.1, 0.15) is 27.4 Å². The lowest BCUT2D eigenvalue weighted by molar-refractivity contribution is -0.119. The van der Waals surface area contributed by atoms with E-state index < -0.39 is 0 Å². The fourth-order valence-corrected chi connectivity index (χ4v) is 3.07. The SMILES string of the molecule is Cc1nc(Nc2c(C)cccc2C)cc(C(=O)N2CCN(C=O)CC2)n1. The molecule has 0 saturated carbocycles. The van der Waals surface area contributed by atoms with Gasteiger partial charge in [0.2, 0.25) is 6.41 Å². The van der Waals surface area contributed by atoms with Crippen molar-refractivity contribution in [2.45, 2.75) is 20.8 Å². The summed E-state index contributed by atoms with van der Waals surface area (Å²) in [6.07, 6.45) is 0.823. The van der Waals surface area contributed by atoms with Gasteiger partial charge in [-0.15, -0.1) is 0 Å². The van der Waals surface area contributed by atoms with Crippen LogP contribution in [-0.2, 0) is 4.79 Å². The van der Waals surface area contributed by atoms with Crippen LogP contribution in [-0.4, -0.2) is 58.3 Å². The second kappa shape index (κ2) is 7.51. The zero-order valence-electron chi connectivity index (χ0n) is 15.3. The molecule has 2 heterocycles. The first-order valence-electron chi connectivity index (χ1n) is 8.65. The number of aromatic nitrogens is 2. The lowest BCUT2D eigenvalue weighted by Gasteiger charge is -2.32. The van der Waals surface area contributed by atoms with Gasteiger partial charge in [-0.2, -0.15) is 0 Å². The number of amides is 2. The zero-order chi connectivity index (χ0) is 18.7. The van der Waals surface area contributed by atoms with Crippen molar-refractivity contribution in [3.8, 4) is 0 Å². The fraction of sp³-hybridized carbons (Fsp3) is 0.368. The molecule has 26 heavy (non-hydrogen) atoms. The highest BCUT2D eigenvalue weighted by atomic mass is 16.2. The highest BCUT2D eigenvalue weighted by Gasteiger charge is 2.23. The lowest BCUT2D eigenvalue weighted by Crippen LogP contribution is -2.48. The monoisotopic (exact) mass is 353 g/mol. The summed E-state index contributed by atoms with van der Waals surface area (Å²) in [6, 6.07) is 7.76. The summed E-state index contributed by atoms with van der Waals surface area (Å²) in [5.74, 6) is 1.01. The Morgan fingerprint density at radius 2 is 1.73 bits per heavy atom. The number of hydrogen-bond acceptors (Lipinski definition) is 5. The minimum absolute atomic E-state index is 0.134. The molecule has 7 heteroatoms. The lowest BCUT2D eigenvalue weighted by atomic mass is 10.1. The third kappa shape index (κ3) is 3.82. The van der Waals surface area contributed by atoms with E-state index in [0.29, 0.717) is 43.5 Å². The molecule has 2 amide bonds. The van der Waals surface area contributed by atoms with Gasteiger partial charge in [0.05, 0.1) is 0 Å². The van der Waals surface area contributed by atoms with Gasteiger partial charge in [0.15, 0.2) is 0 Å². The molecule has 0 unspecified atom stereocenters. The second-order valence-electron chi connectivity index (χ2n) is 6.51. The van der Waals surface area contributed by atoms with E-state index in [2.05, 4.69) is 15.3 Å². The Labute approximate surface area is 153 Å². The number of nitrogens with one attached hydrogen (secondary N) is 1. The minimum atomic E-state index is -0.134. The number of anilines is 2. The number of hydrogen-bond donors (Lipinski definition) is 1. The Balaban J connectivity index is 1.81. The summed E-state index contributed by atoms with van der Waals surface area (Å²) in [4.78, 5) is 35.7. The number of nitrogens with zero attached hydrogens (tertiary/aromatic N) is 4. The van der Waals surface area contributed by atoms with Gasteiger partial charge in [0, 0.05) is 37.9 Å². The molecule has 3 rings (SSSR count). The van der Waals surface area contributed by atoms with Gasteiger partial charge in [-0.1, -0.05) is 18.2 Å². The van der Waals surface area contributed by atoms with Gasteiger partial charge in [-0.25, -0.2) is 9.97 Å². The molecule has 0 aliphatic carbocycles. The number of piperazine rings is 1. The smallest absolute Gasteiger partial charge is 0.272 e. The number of carbonyl (C=O) groups is 2. The maximum absolute atomic E-state index is 12.8. The van der Waals surface area contributed by atoms with Gasteiger partial charge in [-0.3, -0.25) is 9.59 Å². The Morgan fingerprint density at radius 3 is 2.35 bits per heavy atom. The molecule has 1 aromatic heterocycles. The Kier molecular flexibility index (Phi) is 5.16. The maximum atomic E-state index is 12.8.